The number of ether oxygens (including phenoxy) is 2. The Morgan fingerprint density at radius 1 is 0.759 bits per heavy atom. The van der Waals surface area contributed by atoms with E-state index in [9.17, 15) is 17.6 Å². The maximum atomic E-state index is 14.8. The van der Waals surface area contributed by atoms with Crippen molar-refractivity contribution >= 4 is 0 Å². The summed E-state index contributed by atoms with van der Waals surface area (Å²) in [5, 5.41) is 0. The molecule has 2 nitrogen and oxygen atoms in total. The zero-order chi connectivity index (χ0) is 21.0. The van der Waals surface area contributed by atoms with Gasteiger partial charge in [0.15, 0.2) is 23.3 Å². The summed E-state index contributed by atoms with van der Waals surface area (Å²) in [5.74, 6) is -3.94. The lowest BCUT2D eigenvalue weighted by molar-refractivity contribution is 0.162. The highest BCUT2D eigenvalue weighted by atomic mass is 19.2. The Morgan fingerprint density at radius 3 is 2.00 bits per heavy atom. The molecule has 0 heterocycles. The third-order valence-corrected chi connectivity index (χ3v) is 5.88. The molecule has 3 rings (SSSR count). The SMILES string of the molecule is COCCC1CCC(c2ccc(-c3ccc(COC)c(F)c3F)c(F)c2F)CC1. The fourth-order valence-corrected chi connectivity index (χ4v) is 4.20. The number of hydrogen-bond donors (Lipinski definition) is 0. The van der Waals surface area contributed by atoms with Gasteiger partial charge in [-0.2, -0.15) is 0 Å². The van der Waals surface area contributed by atoms with E-state index >= 15 is 0 Å². The lowest BCUT2D eigenvalue weighted by Gasteiger charge is -2.29. The molecule has 1 fully saturated rings. The van der Waals surface area contributed by atoms with Crippen LogP contribution in [0.4, 0.5) is 17.6 Å². The van der Waals surface area contributed by atoms with Gasteiger partial charge in [-0.1, -0.05) is 24.3 Å². The molecule has 0 aromatic heterocycles. The average Bonchev–Trinajstić information content (AvgIpc) is 2.73. The first-order chi connectivity index (χ1) is 14.0. The number of hydrogen-bond acceptors (Lipinski definition) is 2. The number of halogens is 4. The van der Waals surface area contributed by atoms with E-state index in [-0.39, 0.29) is 29.2 Å². The van der Waals surface area contributed by atoms with Crippen molar-refractivity contribution in [3.05, 3.63) is 58.7 Å². The van der Waals surface area contributed by atoms with Gasteiger partial charge in [-0.15, -0.1) is 0 Å². The van der Waals surface area contributed by atoms with Crippen LogP contribution in [-0.4, -0.2) is 20.8 Å². The van der Waals surface area contributed by atoms with Crippen LogP contribution in [0.3, 0.4) is 0 Å². The van der Waals surface area contributed by atoms with E-state index in [1.54, 1.807) is 7.11 Å². The van der Waals surface area contributed by atoms with Crippen molar-refractivity contribution in [2.24, 2.45) is 5.92 Å². The smallest absolute Gasteiger partial charge is 0.167 e. The molecule has 0 aliphatic heterocycles. The van der Waals surface area contributed by atoms with E-state index in [1.165, 1.54) is 31.4 Å². The highest BCUT2D eigenvalue weighted by molar-refractivity contribution is 5.66. The molecule has 0 unspecified atom stereocenters. The standard InChI is InChI=1S/C23H26F4O2/c1-28-12-11-14-3-5-15(6-4-14)17-9-10-19(23(27)21(17)25)18-8-7-16(13-29-2)20(24)22(18)26/h7-10,14-15H,3-6,11-13H2,1-2H3. The van der Waals surface area contributed by atoms with Crippen molar-refractivity contribution in [3.63, 3.8) is 0 Å². The Balaban J connectivity index is 1.83. The van der Waals surface area contributed by atoms with E-state index in [4.69, 9.17) is 9.47 Å². The van der Waals surface area contributed by atoms with Crippen LogP contribution in [0.25, 0.3) is 11.1 Å². The van der Waals surface area contributed by atoms with E-state index in [2.05, 4.69) is 0 Å². The maximum Gasteiger partial charge on any atom is 0.167 e. The largest absolute Gasteiger partial charge is 0.385 e. The van der Waals surface area contributed by atoms with Crippen LogP contribution in [0.5, 0.6) is 0 Å². The summed E-state index contributed by atoms with van der Waals surface area (Å²) >= 11 is 0. The van der Waals surface area contributed by atoms with E-state index in [0.717, 1.165) is 32.1 Å². The Hall–Kier alpha value is -1.92. The number of methoxy groups -OCH3 is 2. The molecule has 1 aliphatic carbocycles. The summed E-state index contributed by atoms with van der Waals surface area (Å²) < 4.78 is 68.2. The minimum Gasteiger partial charge on any atom is -0.385 e. The quantitative estimate of drug-likeness (QED) is 0.494. The van der Waals surface area contributed by atoms with Gasteiger partial charge >= 0.3 is 0 Å². The molecule has 1 saturated carbocycles. The summed E-state index contributed by atoms with van der Waals surface area (Å²) in [4.78, 5) is 0. The first-order valence-electron chi connectivity index (χ1n) is 9.90. The Kier molecular flexibility index (Phi) is 7.30. The zero-order valence-electron chi connectivity index (χ0n) is 16.7. The fraction of sp³-hybridized carbons (Fsp3) is 0.478. The van der Waals surface area contributed by atoms with Crippen LogP contribution in [0, 0.1) is 29.2 Å². The molecule has 158 valence electrons. The van der Waals surface area contributed by atoms with Gasteiger partial charge in [0.1, 0.15) is 0 Å². The fourth-order valence-electron chi connectivity index (χ4n) is 4.20. The van der Waals surface area contributed by atoms with E-state index in [0.29, 0.717) is 18.1 Å². The van der Waals surface area contributed by atoms with Crippen LogP contribution >= 0.6 is 0 Å². The second-order valence-corrected chi connectivity index (χ2v) is 7.66. The molecule has 0 saturated heterocycles. The molecule has 0 radical (unpaired) electrons. The topological polar surface area (TPSA) is 18.5 Å². The predicted molar refractivity (Wildman–Crippen MR) is 104 cm³/mol. The number of benzene rings is 2. The molecule has 0 amide bonds. The van der Waals surface area contributed by atoms with Gasteiger partial charge in [0.2, 0.25) is 0 Å². The van der Waals surface area contributed by atoms with Crippen LogP contribution in [0.1, 0.15) is 49.1 Å². The van der Waals surface area contributed by atoms with E-state index in [1.807, 2.05) is 0 Å². The molecule has 2 aromatic rings. The summed E-state index contributed by atoms with van der Waals surface area (Å²) in [6, 6.07) is 5.43. The molecule has 2 aromatic carbocycles. The average molecular weight is 410 g/mol. The summed E-state index contributed by atoms with van der Waals surface area (Å²) in [5.41, 5.74) is -0.237. The third kappa shape index (κ3) is 4.64. The summed E-state index contributed by atoms with van der Waals surface area (Å²) in [6.45, 7) is 0.601. The van der Waals surface area contributed by atoms with Crippen LogP contribution in [-0.2, 0) is 16.1 Å². The summed E-state index contributed by atoms with van der Waals surface area (Å²) in [6.07, 6.45) is 4.41. The molecule has 29 heavy (non-hydrogen) atoms. The normalized spacial score (nSPS) is 19.5. The molecule has 0 spiro atoms. The Labute approximate surface area is 168 Å². The predicted octanol–water partition coefficient (Wildman–Crippen LogP) is 6.37. The number of rotatable bonds is 7. The molecule has 0 bridgehead atoms. The highest BCUT2D eigenvalue weighted by Gasteiger charge is 2.27. The lowest BCUT2D eigenvalue weighted by atomic mass is 9.77. The van der Waals surface area contributed by atoms with Gasteiger partial charge in [-0.25, -0.2) is 17.6 Å². The second-order valence-electron chi connectivity index (χ2n) is 7.66. The van der Waals surface area contributed by atoms with Gasteiger partial charge < -0.3 is 9.47 Å². The molecule has 1 aliphatic rings. The molecular formula is C23H26F4O2. The molecular weight excluding hydrogens is 384 g/mol. The van der Waals surface area contributed by atoms with E-state index < -0.39 is 23.3 Å². The van der Waals surface area contributed by atoms with Gasteiger partial charge in [0.05, 0.1) is 6.61 Å². The van der Waals surface area contributed by atoms with Crippen molar-refractivity contribution in [2.75, 3.05) is 20.8 Å². The van der Waals surface area contributed by atoms with Crippen molar-refractivity contribution < 1.29 is 27.0 Å². The van der Waals surface area contributed by atoms with Gasteiger partial charge in [0.25, 0.3) is 0 Å². The van der Waals surface area contributed by atoms with Crippen LogP contribution in [0.15, 0.2) is 24.3 Å². The lowest BCUT2D eigenvalue weighted by Crippen LogP contribution is -2.16. The Morgan fingerprint density at radius 2 is 1.38 bits per heavy atom. The van der Waals surface area contributed by atoms with Gasteiger partial charge in [0, 0.05) is 37.5 Å². The molecule has 6 heteroatoms. The second kappa shape index (κ2) is 9.72. The minimum absolute atomic E-state index is 0.0245. The van der Waals surface area contributed by atoms with Crippen molar-refractivity contribution in [3.8, 4) is 11.1 Å². The first-order valence-corrected chi connectivity index (χ1v) is 9.90. The highest BCUT2D eigenvalue weighted by Crippen LogP contribution is 2.40. The first kappa shape index (κ1) is 21.8. The van der Waals surface area contributed by atoms with Crippen molar-refractivity contribution in [1.29, 1.82) is 0 Å². The van der Waals surface area contributed by atoms with Gasteiger partial charge in [-0.3, -0.25) is 0 Å². The zero-order valence-corrected chi connectivity index (χ0v) is 16.7. The summed E-state index contributed by atoms with van der Waals surface area (Å²) in [7, 11) is 3.04. The van der Waals surface area contributed by atoms with Crippen LogP contribution in [0.2, 0.25) is 0 Å². The molecule has 0 N–H and O–H groups in total. The van der Waals surface area contributed by atoms with Crippen molar-refractivity contribution in [2.45, 2.75) is 44.6 Å². The van der Waals surface area contributed by atoms with Crippen LogP contribution < -0.4 is 0 Å². The molecule has 0 atom stereocenters. The van der Waals surface area contributed by atoms with Crippen molar-refractivity contribution in [1.82, 2.24) is 0 Å². The minimum atomic E-state index is -1.20. The monoisotopic (exact) mass is 410 g/mol. The van der Waals surface area contributed by atoms with Gasteiger partial charge in [-0.05, 0) is 49.5 Å². The Bertz CT molecular complexity index is 845. The maximum absolute atomic E-state index is 14.8. The third-order valence-electron chi connectivity index (χ3n) is 5.88.